The van der Waals surface area contributed by atoms with Gasteiger partial charge in [0, 0.05) is 12.1 Å². The number of nitrogens with two attached hydrogens (primary N) is 1. The average molecular weight is 398 g/mol. The van der Waals surface area contributed by atoms with E-state index >= 15 is 0 Å². The maximum atomic E-state index is 6.09. The van der Waals surface area contributed by atoms with Crippen LogP contribution in [0.2, 0.25) is 0 Å². The first kappa shape index (κ1) is 17.9. The number of hydrogen-bond donors (Lipinski definition) is 1. The van der Waals surface area contributed by atoms with Crippen LogP contribution in [0.5, 0.6) is 5.75 Å². The minimum atomic E-state index is 0.425. The van der Waals surface area contributed by atoms with Gasteiger partial charge in [-0.25, -0.2) is 9.97 Å². The maximum absolute atomic E-state index is 6.09. The third-order valence-electron chi connectivity index (χ3n) is 7.61. The molecule has 1 aromatic heterocycles. The summed E-state index contributed by atoms with van der Waals surface area (Å²) in [6.07, 6.45) is 7.95. The lowest BCUT2D eigenvalue weighted by Crippen LogP contribution is -2.34. The number of benzene rings is 2. The molecule has 1 saturated carbocycles. The zero-order valence-electron chi connectivity index (χ0n) is 17.1. The monoisotopic (exact) mass is 397 g/mol. The van der Waals surface area contributed by atoms with Crippen molar-refractivity contribution >= 4 is 5.95 Å². The molecule has 2 aromatic carbocycles. The molecule has 0 radical (unpaired) electrons. The van der Waals surface area contributed by atoms with Gasteiger partial charge < -0.3 is 10.5 Å². The minimum absolute atomic E-state index is 0.425. The van der Waals surface area contributed by atoms with E-state index in [9.17, 15) is 0 Å². The normalized spacial score (nSPS) is 26.3. The Morgan fingerprint density at radius 3 is 2.70 bits per heavy atom. The van der Waals surface area contributed by atoms with Crippen molar-refractivity contribution < 1.29 is 4.74 Å². The molecule has 4 atom stereocenters. The maximum Gasteiger partial charge on any atom is 0.220 e. The summed E-state index contributed by atoms with van der Waals surface area (Å²) in [5.74, 6) is 4.08. The average Bonchev–Trinajstić information content (AvgIpc) is 3.16. The highest BCUT2D eigenvalue weighted by molar-refractivity contribution is 5.42. The first-order valence-electron chi connectivity index (χ1n) is 11.2. The van der Waals surface area contributed by atoms with Crippen LogP contribution >= 0.6 is 0 Å². The van der Waals surface area contributed by atoms with Gasteiger partial charge in [-0.15, -0.1) is 0 Å². The molecule has 4 nitrogen and oxygen atoms in total. The lowest BCUT2D eigenvalue weighted by atomic mass is 9.60. The molecule has 0 aliphatic heterocycles. The van der Waals surface area contributed by atoms with E-state index in [-0.39, 0.29) is 0 Å². The van der Waals surface area contributed by atoms with Crippen LogP contribution < -0.4 is 10.5 Å². The van der Waals surface area contributed by atoms with Crippen molar-refractivity contribution in [3.63, 3.8) is 0 Å². The van der Waals surface area contributed by atoms with Crippen LogP contribution in [-0.4, -0.2) is 9.97 Å². The third-order valence-corrected chi connectivity index (χ3v) is 7.61. The van der Waals surface area contributed by atoms with Crippen molar-refractivity contribution in [1.82, 2.24) is 9.97 Å². The van der Waals surface area contributed by atoms with E-state index < -0.39 is 0 Å². The molecule has 3 aromatic rings. The summed E-state index contributed by atoms with van der Waals surface area (Å²) in [7, 11) is 0. The van der Waals surface area contributed by atoms with Crippen LogP contribution in [0.25, 0.3) is 0 Å². The second kappa shape index (κ2) is 7.12. The van der Waals surface area contributed by atoms with Crippen molar-refractivity contribution in [3.8, 4) is 5.75 Å². The van der Waals surface area contributed by atoms with Gasteiger partial charge in [-0.05, 0) is 84.2 Å². The van der Waals surface area contributed by atoms with Crippen LogP contribution in [0.1, 0.15) is 59.0 Å². The Hall–Kier alpha value is -2.88. The molecule has 3 aliphatic carbocycles. The first-order chi connectivity index (χ1) is 14.8. The van der Waals surface area contributed by atoms with E-state index in [1.165, 1.54) is 41.6 Å². The molecule has 0 spiro atoms. The van der Waals surface area contributed by atoms with Crippen LogP contribution in [0.3, 0.4) is 0 Å². The van der Waals surface area contributed by atoms with Crippen molar-refractivity contribution in [2.45, 2.75) is 50.5 Å². The summed E-state index contributed by atoms with van der Waals surface area (Å²) >= 11 is 0. The Kier molecular flexibility index (Phi) is 4.26. The standard InChI is InChI=1S/C26H27N3O/c27-26-28-14-18-13-24-22-8-6-17-12-19(30-15-16-4-2-1-3-5-16)7-9-20(17)21(22)10-11-23(24)25(18)29-26/h1-5,7,9,12,14,21-24H,6,8,10-11,13,15H2,(H2,27,28,29). The largest absolute Gasteiger partial charge is 0.489 e. The molecule has 2 N–H and O–H groups in total. The molecule has 4 unspecified atom stereocenters. The SMILES string of the molecule is Nc1ncc2c(n1)C1CCC3c4ccc(OCc5ccccc5)cc4CCC3C1C2. The molecule has 1 fully saturated rings. The van der Waals surface area contributed by atoms with Crippen molar-refractivity contribution in [3.05, 3.63) is 82.7 Å². The van der Waals surface area contributed by atoms with E-state index in [0.717, 1.165) is 24.5 Å². The zero-order chi connectivity index (χ0) is 20.1. The van der Waals surface area contributed by atoms with Gasteiger partial charge >= 0.3 is 0 Å². The van der Waals surface area contributed by atoms with Crippen LogP contribution in [-0.2, 0) is 19.4 Å². The van der Waals surface area contributed by atoms with Gasteiger partial charge in [0.1, 0.15) is 12.4 Å². The summed E-state index contributed by atoms with van der Waals surface area (Å²) in [6, 6.07) is 17.2. The second-order valence-corrected chi connectivity index (χ2v) is 9.13. The summed E-state index contributed by atoms with van der Waals surface area (Å²) in [5.41, 5.74) is 12.7. The number of aromatic nitrogens is 2. The second-order valence-electron chi connectivity index (χ2n) is 9.13. The van der Waals surface area contributed by atoms with Crippen molar-refractivity contribution in [2.24, 2.45) is 11.8 Å². The highest BCUT2D eigenvalue weighted by atomic mass is 16.5. The Balaban J connectivity index is 1.22. The van der Waals surface area contributed by atoms with Crippen LogP contribution in [0, 0.1) is 11.8 Å². The van der Waals surface area contributed by atoms with E-state index in [2.05, 4.69) is 52.4 Å². The molecule has 6 rings (SSSR count). The number of nitrogens with zero attached hydrogens (tertiary/aromatic N) is 2. The molecule has 3 aliphatic rings. The Morgan fingerprint density at radius 1 is 0.933 bits per heavy atom. The number of aryl methyl sites for hydroxylation is 1. The number of anilines is 1. The van der Waals surface area contributed by atoms with Gasteiger partial charge in [-0.3, -0.25) is 0 Å². The van der Waals surface area contributed by atoms with E-state index in [1.54, 1.807) is 5.56 Å². The fourth-order valence-corrected chi connectivity index (χ4v) is 6.30. The number of ether oxygens (including phenoxy) is 1. The molecule has 0 saturated heterocycles. The highest BCUT2D eigenvalue weighted by Gasteiger charge is 2.47. The molecule has 0 amide bonds. The Morgan fingerprint density at radius 2 is 1.80 bits per heavy atom. The molecular weight excluding hydrogens is 370 g/mol. The van der Waals surface area contributed by atoms with Gasteiger partial charge in [0.2, 0.25) is 5.95 Å². The molecule has 4 heteroatoms. The third kappa shape index (κ3) is 2.97. The first-order valence-corrected chi connectivity index (χ1v) is 11.2. The lowest BCUT2D eigenvalue weighted by Gasteiger charge is -2.44. The number of rotatable bonds is 3. The van der Waals surface area contributed by atoms with Crippen molar-refractivity contribution in [2.75, 3.05) is 5.73 Å². The fourth-order valence-electron chi connectivity index (χ4n) is 6.30. The van der Waals surface area contributed by atoms with Gasteiger partial charge in [0.25, 0.3) is 0 Å². The number of nitrogen functional groups attached to an aromatic ring is 1. The van der Waals surface area contributed by atoms with E-state index in [0.29, 0.717) is 30.3 Å². The topological polar surface area (TPSA) is 61.0 Å². The smallest absolute Gasteiger partial charge is 0.220 e. The zero-order valence-corrected chi connectivity index (χ0v) is 17.1. The summed E-state index contributed by atoms with van der Waals surface area (Å²) in [5, 5.41) is 0. The van der Waals surface area contributed by atoms with Crippen LogP contribution in [0.15, 0.2) is 54.7 Å². The molecule has 30 heavy (non-hydrogen) atoms. The summed E-state index contributed by atoms with van der Waals surface area (Å²) in [6.45, 7) is 0.623. The quantitative estimate of drug-likeness (QED) is 0.673. The predicted molar refractivity (Wildman–Crippen MR) is 117 cm³/mol. The van der Waals surface area contributed by atoms with Crippen molar-refractivity contribution in [1.29, 1.82) is 0 Å². The van der Waals surface area contributed by atoms with Gasteiger partial charge in [-0.1, -0.05) is 36.4 Å². The van der Waals surface area contributed by atoms with E-state index in [1.807, 2.05) is 12.3 Å². The molecule has 152 valence electrons. The molecule has 1 heterocycles. The Labute approximate surface area is 177 Å². The van der Waals surface area contributed by atoms with Gasteiger partial charge in [0.05, 0.1) is 5.69 Å². The number of hydrogen-bond acceptors (Lipinski definition) is 4. The minimum Gasteiger partial charge on any atom is -0.489 e. The van der Waals surface area contributed by atoms with E-state index in [4.69, 9.17) is 10.5 Å². The van der Waals surface area contributed by atoms with Gasteiger partial charge in [0.15, 0.2) is 0 Å². The fraction of sp³-hybridized carbons (Fsp3) is 0.385. The summed E-state index contributed by atoms with van der Waals surface area (Å²) < 4.78 is 6.09. The van der Waals surface area contributed by atoms with Gasteiger partial charge in [-0.2, -0.15) is 0 Å². The number of fused-ring (bicyclic) bond motifs is 7. The Bertz CT molecular complexity index is 1080. The predicted octanol–water partition coefficient (Wildman–Crippen LogP) is 5.03. The molecule has 0 bridgehead atoms. The summed E-state index contributed by atoms with van der Waals surface area (Å²) in [4.78, 5) is 8.88. The van der Waals surface area contributed by atoms with Crippen LogP contribution in [0.4, 0.5) is 5.95 Å². The lowest BCUT2D eigenvalue weighted by molar-refractivity contribution is 0.164. The highest BCUT2D eigenvalue weighted by Crippen LogP contribution is 2.56. The molecular formula is C26H27N3O.